The molecule has 0 aromatic carbocycles. The molecule has 0 aliphatic heterocycles. The fourth-order valence-corrected chi connectivity index (χ4v) is 2.47. The molecule has 0 bridgehead atoms. The molecule has 0 aromatic rings. The third-order valence-corrected chi connectivity index (χ3v) is 3.78. The quantitative estimate of drug-likeness (QED) is 0.356. The molecule has 23 heavy (non-hydrogen) atoms. The number of hydrogen-bond donors (Lipinski definition) is 5. The molecule has 9 heteroatoms. The molecule has 1 aliphatic carbocycles. The van der Waals surface area contributed by atoms with E-state index in [0.717, 1.165) is 6.42 Å². The highest BCUT2D eigenvalue weighted by Crippen LogP contribution is 2.26. The number of hydrogen-bond acceptors (Lipinski definition) is 5. The van der Waals surface area contributed by atoms with Gasteiger partial charge in [0.1, 0.15) is 6.04 Å². The molecular weight excluding hydrogens is 302 g/mol. The molecule has 0 saturated heterocycles. The first kappa shape index (κ1) is 18.9. The van der Waals surface area contributed by atoms with Gasteiger partial charge in [-0.15, -0.1) is 0 Å². The lowest BCUT2D eigenvalue weighted by atomic mass is 10.0. The summed E-state index contributed by atoms with van der Waals surface area (Å²) in [7, 11) is 0. The Morgan fingerprint density at radius 3 is 2.35 bits per heavy atom. The minimum Gasteiger partial charge on any atom is -0.368 e. The highest BCUT2D eigenvalue weighted by Gasteiger charge is 2.35. The predicted molar refractivity (Wildman–Crippen MR) is 82.7 cm³/mol. The van der Waals surface area contributed by atoms with Gasteiger partial charge >= 0.3 is 0 Å². The van der Waals surface area contributed by atoms with Crippen LogP contribution in [0.15, 0.2) is 0 Å². The van der Waals surface area contributed by atoms with E-state index >= 15 is 0 Å². The minimum atomic E-state index is -0.799. The molecule has 1 rings (SSSR count). The van der Waals surface area contributed by atoms with Gasteiger partial charge in [-0.05, 0) is 26.7 Å². The summed E-state index contributed by atoms with van der Waals surface area (Å²) in [4.78, 5) is 46.3. The number of rotatable bonds is 7. The third kappa shape index (κ3) is 5.85. The van der Waals surface area contributed by atoms with Crippen molar-refractivity contribution < 1.29 is 19.2 Å². The van der Waals surface area contributed by atoms with E-state index in [2.05, 4.69) is 16.0 Å². The zero-order valence-electron chi connectivity index (χ0n) is 13.4. The average Bonchev–Trinajstić information content (AvgIpc) is 2.92. The Balaban J connectivity index is 2.53. The van der Waals surface area contributed by atoms with E-state index in [1.165, 1.54) is 6.92 Å². The number of primary amides is 1. The van der Waals surface area contributed by atoms with Crippen LogP contribution < -0.4 is 27.4 Å². The molecule has 1 fully saturated rings. The van der Waals surface area contributed by atoms with Crippen molar-refractivity contribution in [1.82, 2.24) is 16.0 Å². The van der Waals surface area contributed by atoms with Crippen molar-refractivity contribution in [3.8, 4) is 0 Å². The van der Waals surface area contributed by atoms with Gasteiger partial charge in [0.05, 0.1) is 18.5 Å². The van der Waals surface area contributed by atoms with E-state index in [-0.39, 0.29) is 24.4 Å². The van der Waals surface area contributed by atoms with E-state index < -0.39 is 29.8 Å². The number of nitrogens with two attached hydrogens (primary N) is 2. The molecule has 4 atom stereocenters. The molecular formula is C14H25N5O4. The summed E-state index contributed by atoms with van der Waals surface area (Å²) in [6.45, 7) is 2.80. The maximum atomic E-state index is 12.3. The Morgan fingerprint density at radius 1 is 1.13 bits per heavy atom. The second kappa shape index (κ2) is 8.47. The van der Waals surface area contributed by atoms with Gasteiger partial charge in [0.15, 0.2) is 0 Å². The largest absolute Gasteiger partial charge is 0.368 e. The first-order valence-corrected chi connectivity index (χ1v) is 7.64. The summed E-state index contributed by atoms with van der Waals surface area (Å²) >= 11 is 0. The number of carbonyl (C=O) groups excluding carboxylic acids is 4. The Morgan fingerprint density at radius 2 is 1.78 bits per heavy atom. The summed E-state index contributed by atoms with van der Waals surface area (Å²) < 4.78 is 0. The molecule has 130 valence electrons. The lowest BCUT2D eigenvalue weighted by molar-refractivity contribution is -0.132. The van der Waals surface area contributed by atoms with E-state index in [1.54, 1.807) is 6.92 Å². The number of carbonyl (C=O) groups is 4. The Hall–Kier alpha value is -2.16. The van der Waals surface area contributed by atoms with Gasteiger partial charge in [0.2, 0.25) is 23.6 Å². The highest BCUT2D eigenvalue weighted by molar-refractivity contribution is 5.91. The van der Waals surface area contributed by atoms with Crippen molar-refractivity contribution >= 4 is 23.6 Å². The van der Waals surface area contributed by atoms with Gasteiger partial charge in [0, 0.05) is 6.04 Å². The fourth-order valence-electron chi connectivity index (χ4n) is 2.47. The Labute approximate surface area is 134 Å². The molecule has 9 nitrogen and oxygen atoms in total. The van der Waals surface area contributed by atoms with Crippen LogP contribution in [0.25, 0.3) is 0 Å². The van der Waals surface area contributed by atoms with Crippen molar-refractivity contribution in [3.63, 3.8) is 0 Å². The molecule has 7 N–H and O–H groups in total. The first-order valence-electron chi connectivity index (χ1n) is 7.64. The van der Waals surface area contributed by atoms with Gasteiger partial charge in [-0.3, -0.25) is 19.2 Å². The monoisotopic (exact) mass is 327 g/mol. The van der Waals surface area contributed by atoms with E-state index in [1.807, 2.05) is 0 Å². The summed E-state index contributed by atoms with van der Waals surface area (Å²) in [5.41, 5.74) is 10.4. The van der Waals surface area contributed by atoms with Crippen LogP contribution in [0, 0.1) is 5.92 Å². The van der Waals surface area contributed by atoms with Crippen molar-refractivity contribution in [2.24, 2.45) is 17.4 Å². The zero-order chi connectivity index (χ0) is 17.6. The van der Waals surface area contributed by atoms with Gasteiger partial charge < -0.3 is 27.4 Å². The standard InChI is InChI=1S/C14H25N5O4/c1-7(15)12(21)19-10-5-3-4-9(10)14(23)18-8(2)13(22)17-6-11(16)20/h7-10H,3-6,15H2,1-2H3,(H2,16,20)(H,17,22)(H,18,23)(H,19,21)/t7-,8-,9-,10+/m0/s1. The van der Waals surface area contributed by atoms with Gasteiger partial charge in [-0.25, -0.2) is 0 Å². The van der Waals surface area contributed by atoms with Crippen molar-refractivity contribution in [1.29, 1.82) is 0 Å². The van der Waals surface area contributed by atoms with Crippen molar-refractivity contribution in [3.05, 3.63) is 0 Å². The second-order valence-electron chi connectivity index (χ2n) is 5.86. The first-order chi connectivity index (χ1) is 10.7. The molecule has 0 spiro atoms. The zero-order valence-corrected chi connectivity index (χ0v) is 13.4. The van der Waals surface area contributed by atoms with Crippen LogP contribution in [0.4, 0.5) is 0 Å². The minimum absolute atomic E-state index is 0.282. The lowest BCUT2D eigenvalue weighted by Crippen LogP contribution is -2.52. The SMILES string of the molecule is C[C@H](N)C(=O)N[C@@H]1CCC[C@@H]1C(=O)N[C@@H](C)C(=O)NCC(N)=O. The van der Waals surface area contributed by atoms with Crippen LogP contribution in [0.1, 0.15) is 33.1 Å². The normalized spacial score (nSPS) is 22.7. The van der Waals surface area contributed by atoms with Gasteiger partial charge in [-0.2, -0.15) is 0 Å². The number of amides is 4. The lowest BCUT2D eigenvalue weighted by Gasteiger charge is -2.23. The maximum absolute atomic E-state index is 12.3. The number of nitrogens with one attached hydrogen (secondary N) is 3. The highest BCUT2D eigenvalue weighted by atomic mass is 16.2. The summed E-state index contributed by atoms with van der Waals surface area (Å²) in [5, 5.41) is 7.68. The van der Waals surface area contributed by atoms with Crippen LogP contribution >= 0.6 is 0 Å². The summed E-state index contributed by atoms with van der Waals surface area (Å²) in [5.74, 6) is -2.16. The van der Waals surface area contributed by atoms with E-state index in [9.17, 15) is 19.2 Å². The van der Waals surface area contributed by atoms with Crippen LogP contribution in [0.5, 0.6) is 0 Å². The van der Waals surface area contributed by atoms with Crippen molar-refractivity contribution in [2.45, 2.75) is 51.2 Å². The van der Waals surface area contributed by atoms with Gasteiger partial charge in [-0.1, -0.05) is 6.42 Å². The molecule has 0 radical (unpaired) electrons. The smallest absolute Gasteiger partial charge is 0.242 e. The summed E-state index contributed by atoms with van der Waals surface area (Å²) in [6.07, 6.45) is 2.13. The molecule has 4 amide bonds. The Bertz CT molecular complexity index is 480. The van der Waals surface area contributed by atoms with Crippen LogP contribution in [0.3, 0.4) is 0 Å². The molecule has 1 saturated carbocycles. The fraction of sp³-hybridized carbons (Fsp3) is 0.714. The van der Waals surface area contributed by atoms with Crippen LogP contribution in [-0.4, -0.2) is 48.3 Å². The second-order valence-corrected chi connectivity index (χ2v) is 5.86. The van der Waals surface area contributed by atoms with Crippen LogP contribution in [-0.2, 0) is 19.2 Å². The van der Waals surface area contributed by atoms with E-state index in [0.29, 0.717) is 12.8 Å². The maximum Gasteiger partial charge on any atom is 0.242 e. The molecule has 0 heterocycles. The van der Waals surface area contributed by atoms with Crippen molar-refractivity contribution in [2.75, 3.05) is 6.54 Å². The van der Waals surface area contributed by atoms with Gasteiger partial charge in [0.25, 0.3) is 0 Å². The Kier molecular flexibility index (Phi) is 6.95. The van der Waals surface area contributed by atoms with E-state index in [4.69, 9.17) is 11.5 Å². The molecule has 0 unspecified atom stereocenters. The van der Waals surface area contributed by atoms with Crippen LogP contribution in [0.2, 0.25) is 0 Å². The third-order valence-electron chi connectivity index (χ3n) is 3.78. The summed E-state index contributed by atoms with van der Waals surface area (Å²) in [6, 6.07) is -1.72. The molecule has 1 aliphatic rings. The average molecular weight is 327 g/mol. The topological polar surface area (TPSA) is 156 Å². The molecule has 0 aromatic heterocycles. The predicted octanol–water partition coefficient (Wildman–Crippen LogP) is -2.28.